The molecule has 0 aliphatic rings. The highest BCUT2D eigenvalue weighted by atomic mass is 35.5. The summed E-state index contributed by atoms with van der Waals surface area (Å²) >= 11 is 5.69. The third-order valence-corrected chi connectivity index (χ3v) is 2.75. The summed E-state index contributed by atoms with van der Waals surface area (Å²) < 4.78 is 23.9. The zero-order valence-electron chi connectivity index (χ0n) is 9.87. The molecule has 3 N–H and O–H groups in total. The van der Waals surface area contributed by atoms with Gasteiger partial charge in [0.1, 0.15) is 11.7 Å². The molecule has 0 radical (unpaired) electrons. The van der Waals surface area contributed by atoms with Gasteiger partial charge in [0.25, 0.3) is 0 Å². The van der Waals surface area contributed by atoms with Crippen molar-refractivity contribution in [1.82, 2.24) is 0 Å². The highest BCUT2D eigenvalue weighted by molar-refractivity contribution is 6.31. The van der Waals surface area contributed by atoms with Gasteiger partial charge in [-0.2, -0.15) is 0 Å². The lowest BCUT2D eigenvalue weighted by Gasteiger charge is -2.18. The third-order valence-electron chi connectivity index (χ3n) is 2.48. The van der Waals surface area contributed by atoms with Crippen molar-refractivity contribution in [1.29, 1.82) is 0 Å². The minimum absolute atomic E-state index is 0.0164. The first-order valence-corrected chi connectivity index (χ1v) is 5.38. The summed E-state index contributed by atoms with van der Waals surface area (Å²) in [6, 6.07) is 1.22. The number of carboxylic acid groups (broad SMARTS) is 1. The Balaban J connectivity index is 3.57. The Kier molecular flexibility index (Phi) is 4.75. The second-order valence-electron chi connectivity index (χ2n) is 3.45. The van der Waals surface area contributed by atoms with Gasteiger partial charge >= 0.3 is 5.97 Å². The highest BCUT2D eigenvalue weighted by Crippen LogP contribution is 2.40. The Morgan fingerprint density at radius 1 is 1.56 bits per heavy atom. The maximum absolute atomic E-state index is 14.0. The van der Waals surface area contributed by atoms with Crippen LogP contribution < -0.4 is 15.2 Å². The lowest BCUT2D eigenvalue weighted by molar-refractivity contribution is -0.138. The number of rotatable bonds is 5. The molecule has 1 unspecified atom stereocenters. The summed E-state index contributed by atoms with van der Waals surface area (Å²) in [6.07, 6.45) is 0. The molecule has 7 heteroatoms. The van der Waals surface area contributed by atoms with Gasteiger partial charge in [0.05, 0.1) is 24.8 Å². The van der Waals surface area contributed by atoms with Crippen molar-refractivity contribution in [3.8, 4) is 11.5 Å². The molecule has 0 saturated heterocycles. The van der Waals surface area contributed by atoms with Crippen LogP contribution >= 0.6 is 11.6 Å². The summed E-state index contributed by atoms with van der Waals surface area (Å²) in [7, 11) is 2.62. The Hall–Kier alpha value is -1.53. The van der Waals surface area contributed by atoms with E-state index in [1.165, 1.54) is 20.3 Å². The standard InChI is InChI=1S/C11H13ClFNO4/c1-17-7-3-6(12)9(13)8(10(7)18-2)5(4-14)11(15)16/h3,5H,4,14H2,1-2H3,(H,15,16). The lowest BCUT2D eigenvalue weighted by atomic mass is 9.97. The molecule has 100 valence electrons. The van der Waals surface area contributed by atoms with Gasteiger partial charge in [-0.3, -0.25) is 4.79 Å². The highest BCUT2D eigenvalue weighted by Gasteiger charge is 2.29. The van der Waals surface area contributed by atoms with Gasteiger partial charge in [0, 0.05) is 12.6 Å². The Morgan fingerprint density at radius 3 is 2.56 bits per heavy atom. The summed E-state index contributed by atoms with van der Waals surface area (Å²) in [5.74, 6) is -3.26. The van der Waals surface area contributed by atoms with Crippen molar-refractivity contribution >= 4 is 17.6 Å². The average Bonchev–Trinajstić information content (AvgIpc) is 2.34. The summed E-state index contributed by atoms with van der Waals surface area (Å²) in [4.78, 5) is 11.1. The molecule has 0 amide bonds. The maximum Gasteiger partial charge on any atom is 0.312 e. The molecular formula is C11H13ClFNO4. The molecule has 1 aromatic carbocycles. The van der Waals surface area contributed by atoms with Crippen LogP contribution in [0.25, 0.3) is 0 Å². The number of benzene rings is 1. The number of halogens is 2. The minimum atomic E-state index is -1.26. The fraction of sp³-hybridized carbons (Fsp3) is 0.364. The molecule has 0 aliphatic heterocycles. The summed E-state index contributed by atoms with van der Waals surface area (Å²) in [5.41, 5.74) is 5.14. The van der Waals surface area contributed by atoms with Gasteiger partial charge in [0.15, 0.2) is 11.5 Å². The summed E-state index contributed by atoms with van der Waals surface area (Å²) in [6.45, 7) is -0.286. The van der Waals surface area contributed by atoms with E-state index in [-0.39, 0.29) is 28.6 Å². The van der Waals surface area contributed by atoms with Crippen LogP contribution in [0.1, 0.15) is 11.5 Å². The second kappa shape index (κ2) is 5.88. The molecule has 0 aromatic heterocycles. The molecule has 5 nitrogen and oxygen atoms in total. The van der Waals surface area contributed by atoms with Gasteiger partial charge in [-0.25, -0.2) is 4.39 Å². The molecule has 18 heavy (non-hydrogen) atoms. The van der Waals surface area contributed by atoms with Crippen LogP contribution in [0.3, 0.4) is 0 Å². The predicted octanol–water partition coefficient (Wildman–Crippen LogP) is 1.62. The molecular weight excluding hydrogens is 265 g/mol. The van der Waals surface area contributed by atoms with E-state index in [2.05, 4.69) is 0 Å². The van der Waals surface area contributed by atoms with Crippen LogP contribution in [0.4, 0.5) is 4.39 Å². The first-order chi connectivity index (χ1) is 8.47. The fourth-order valence-corrected chi connectivity index (χ4v) is 1.82. The number of methoxy groups -OCH3 is 2. The monoisotopic (exact) mass is 277 g/mol. The van der Waals surface area contributed by atoms with Crippen LogP contribution in [0.2, 0.25) is 5.02 Å². The molecule has 0 spiro atoms. The Morgan fingerprint density at radius 2 is 2.17 bits per heavy atom. The quantitative estimate of drug-likeness (QED) is 0.855. The normalized spacial score (nSPS) is 12.1. The van der Waals surface area contributed by atoms with Crippen LogP contribution in [0.5, 0.6) is 11.5 Å². The molecule has 1 rings (SSSR count). The van der Waals surface area contributed by atoms with E-state index < -0.39 is 17.7 Å². The van der Waals surface area contributed by atoms with Crippen molar-refractivity contribution in [3.05, 3.63) is 22.5 Å². The van der Waals surface area contributed by atoms with Gasteiger partial charge in [-0.1, -0.05) is 11.6 Å². The molecule has 0 fully saturated rings. The number of hydrogen-bond acceptors (Lipinski definition) is 4. The fourth-order valence-electron chi connectivity index (χ4n) is 1.62. The van der Waals surface area contributed by atoms with Crippen molar-refractivity contribution in [2.45, 2.75) is 5.92 Å². The zero-order chi connectivity index (χ0) is 13.9. The smallest absolute Gasteiger partial charge is 0.312 e. The number of carbonyl (C=O) groups is 1. The van der Waals surface area contributed by atoms with E-state index in [0.717, 1.165) is 0 Å². The lowest BCUT2D eigenvalue weighted by Crippen LogP contribution is -2.23. The topological polar surface area (TPSA) is 81.8 Å². The summed E-state index contributed by atoms with van der Waals surface area (Å²) in [5, 5.41) is 8.79. The van der Waals surface area contributed by atoms with Crippen molar-refractivity contribution in [3.63, 3.8) is 0 Å². The minimum Gasteiger partial charge on any atom is -0.493 e. The van der Waals surface area contributed by atoms with Crippen LogP contribution in [0.15, 0.2) is 6.07 Å². The number of aliphatic carboxylic acids is 1. The van der Waals surface area contributed by atoms with Crippen LogP contribution in [0, 0.1) is 5.82 Å². The Labute approximate surface area is 108 Å². The van der Waals surface area contributed by atoms with Crippen LogP contribution in [-0.2, 0) is 4.79 Å². The zero-order valence-corrected chi connectivity index (χ0v) is 10.6. The van der Waals surface area contributed by atoms with Crippen molar-refractivity contribution < 1.29 is 23.8 Å². The second-order valence-corrected chi connectivity index (χ2v) is 3.86. The maximum atomic E-state index is 14.0. The number of carboxylic acids is 1. The van der Waals surface area contributed by atoms with Gasteiger partial charge in [-0.05, 0) is 0 Å². The van der Waals surface area contributed by atoms with Crippen LogP contribution in [-0.4, -0.2) is 31.8 Å². The predicted molar refractivity (Wildman–Crippen MR) is 63.9 cm³/mol. The number of hydrogen-bond donors (Lipinski definition) is 2. The van der Waals surface area contributed by atoms with Gasteiger partial charge < -0.3 is 20.3 Å². The van der Waals surface area contributed by atoms with Gasteiger partial charge in [-0.15, -0.1) is 0 Å². The van der Waals surface area contributed by atoms with E-state index in [1.807, 2.05) is 0 Å². The van der Waals surface area contributed by atoms with Crippen molar-refractivity contribution in [2.24, 2.45) is 5.73 Å². The molecule has 1 aromatic rings. The molecule has 0 aliphatic carbocycles. The molecule has 0 bridgehead atoms. The third kappa shape index (κ3) is 2.49. The average molecular weight is 278 g/mol. The van der Waals surface area contributed by atoms with E-state index in [1.54, 1.807) is 0 Å². The number of nitrogens with two attached hydrogens (primary N) is 1. The SMILES string of the molecule is COc1cc(Cl)c(F)c(C(CN)C(=O)O)c1OC. The van der Waals surface area contributed by atoms with Gasteiger partial charge in [0.2, 0.25) is 0 Å². The first kappa shape index (κ1) is 14.5. The molecule has 0 heterocycles. The Bertz CT molecular complexity index is 467. The van der Waals surface area contributed by atoms with Crippen molar-refractivity contribution in [2.75, 3.05) is 20.8 Å². The number of ether oxygens (including phenoxy) is 2. The van der Waals surface area contributed by atoms with E-state index >= 15 is 0 Å². The molecule has 1 atom stereocenters. The van der Waals surface area contributed by atoms with E-state index in [9.17, 15) is 9.18 Å². The first-order valence-electron chi connectivity index (χ1n) is 5.00. The largest absolute Gasteiger partial charge is 0.493 e. The molecule has 0 saturated carbocycles. The van der Waals surface area contributed by atoms with E-state index in [4.69, 9.17) is 31.9 Å². The van der Waals surface area contributed by atoms with E-state index in [0.29, 0.717) is 0 Å².